The van der Waals surface area contributed by atoms with Gasteiger partial charge in [-0.15, -0.1) is 0 Å². The van der Waals surface area contributed by atoms with Gasteiger partial charge in [0, 0.05) is 24.6 Å². The van der Waals surface area contributed by atoms with E-state index in [1.807, 2.05) is 6.07 Å². The van der Waals surface area contributed by atoms with Crippen LogP contribution >= 0.6 is 0 Å². The number of benzene rings is 2. The van der Waals surface area contributed by atoms with Gasteiger partial charge in [-0.2, -0.15) is 14.6 Å². The third-order valence-corrected chi connectivity index (χ3v) is 7.63. The normalized spacial score (nSPS) is 16.0. The zero-order valence-electron chi connectivity index (χ0n) is 18.3. The Morgan fingerprint density at radius 1 is 1.18 bits per heavy atom. The molecule has 2 aromatic carbocycles. The Bertz CT molecular complexity index is 1310. The Morgan fingerprint density at radius 2 is 1.82 bits per heavy atom. The summed E-state index contributed by atoms with van der Waals surface area (Å²) in [6.07, 6.45) is 0.747. The largest absolute Gasteiger partial charge is 0.344 e. The molecule has 0 aliphatic carbocycles. The van der Waals surface area contributed by atoms with E-state index in [1.54, 1.807) is 6.92 Å². The van der Waals surface area contributed by atoms with E-state index in [0.29, 0.717) is 24.0 Å². The molecule has 1 aromatic heterocycles. The van der Waals surface area contributed by atoms with Crippen LogP contribution in [-0.4, -0.2) is 41.9 Å². The van der Waals surface area contributed by atoms with Crippen molar-refractivity contribution < 1.29 is 22.1 Å². The van der Waals surface area contributed by atoms with Gasteiger partial charge in [0.25, 0.3) is 0 Å². The molecule has 1 aliphatic rings. The van der Waals surface area contributed by atoms with E-state index in [4.69, 9.17) is 9.78 Å². The molecule has 1 aliphatic heterocycles. The third kappa shape index (κ3) is 4.98. The van der Waals surface area contributed by atoms with Crippen molar-refractivity contribution in [3.63, 3.8) is 0 Å². The fourth-order valence-electron chi connectivity index (χ4n) is 3.73. The molecule has 1 unspecified atom stereocenters. The van der Waals surface area contributed by atoms with Gasteiger partial charge < -0.3 is 9.84 Å². The number of carbonyl (C=O) groups is 1. The Morgan fingerprint density at radius 3 is 2.44 bits per heavy atom. The molecule has 0 saturated carbocycles. The summed E-state index contributed by atoms with van der Waals surface area (Å²) in [5, 5.41) is 15.6. The van der Waals surface area contributed by atoms with E-state index in [0.717, 1.165) is 0 Å². The van der Waals surface area contributed by atoms with Gasteiger partial charge in [0.15, 0.2) is 0 Å². The minimum Gasteiger partial charge on any atom is -0.344 e. The number of sulfonamides is 1. The second kappa shape index (κ2) is 9.70. The van der Waals surface area contributed by atoms with Gasteiger partial charge in [-0.1, -0.05) is 5.16 Å². The fourth-order valence-corrected chi connectivity index (χ4v) is 5.20. The highest BCUT2D eigenvalue weighted by Crippen LogP contribution is 2.25. The number of nitrogens with zero attached hydrogens (tertiary/aromatic N) is 4. The highest BCUT2D eigenvalue weighted by atomic mass is 32.2. The summed E-state index contributed by atoms with van der Waals surface area (Å²) in [6.45, 7) is 2.14. The predicted molar refractivity (Wildman–Crippen MR) is 119 cm³/mol. The molecular weight excluding hydrogens is 461 g/mol. The summed E-state index contributed by atoms with van der Waals surface area (Å²) in [4.78, 5) is 17.1. The van der Waals surface area contributed by atoms with Crippen molar-refractivity contribution in [3.05, 3.63) is 65.8 Å². The lowest BCUT2D eigenvalue weighted by atomic mass is 9.97. The van der Waals surface area contributed by atoms with E-state index < -0.39 is 16.1 Å². The van der Waals surface area contributed by atoms with Crippen molar-refractivity contribution in [2.75, 3.05) is 13.1 Å². The summed E-state index contributed by atoms with van der Waals surface area (Å²) in [6, 6.07) is 12.8. The maximum atomic E-state index is 13.1. The molecule has 1 N–H and O–H groups in total. The first-order valence-electron chi connectivity index (χ1n) is 10.7. The predicted octanol–water partition coefficient (Wildman–Crippen LogP) is 3.03. The van der Waals surface area contributed by atoms with Gasteiger partial charge in [-0.05, 0) is 68.3 Å². The van der Waals surface area contributed by atoms with Crippen LogP contribution in [-0.2, 0) is 14.8 Å². The zero-order chi connectivity index (χ0) is 24.3. The number of rotatable bonds is 6. The number of piperidine rings is 1. The van der Waals surface area contributed by atoms with Crippen molar-refractivity contribution in [1.82, 2.24) is 19.8 Å². The molecule has 176 valence electrons. The molecule has 9 nitrogen and oxygen atoms in total. The van der Waals surface area contributed by atoms with Gasteiger partial charge in [-0.3, -0.25) is 4.79 Å². The fraction of sp³-hybridized carbons (Fsp3) is 0.304. The third-order valence-electron chi connectivity index (χ3n) is 5.72. The van der Waals surface area contributed by atoms with E-state index in [2.05, 4.69) is 15.5 Å². The van der Waals surface area contributed by atoms with Crippen molar-refractivity contribution >= 4 is 15.9 Å². The Hall–Kier alpha value is -3.62. The average Bonchev–Trinajstić information content (AvgIpc) is 3.35. The molecule has 1 fully saturated rings. The topological polar surface area (TPSA) is 129 Å². The molecule has 34 heavy (non-hydrogen) atoms. The summed E-state index contributed by atoms with van der Waals surface area (Å²) < 4.78 is 45.4. The van der Waals surface area contributed by atoms with Crippen molar-refractivity contribution in [2.24, 2.45) is 5.92 Å². The van der Waals surface area contributed by atoms with Crippen LogP contribution in [0.25, 0.3) is 11.4 Å². The number of hydrogen-bond donors (Lipinski definition) is 1. The second-order valence-corrected chi connectivity index (χ2v) is 9.95. The molecule has 0 spiro atoms. The molecule has 4 rings (SSSR count). The van der Waals surface area contributed by atoms with Crippen LogP contribution in [0.3, 0.4) is 0 Å². The smallest absolute Gasteiger partial charge is 0.249 e. The lowest BCUT2D eigenvalue weighted by Crippen LogP contribution is -2.43. The van der Waals surface area contributed by atoms with Crippen LogP contribution in [0.1, 0.15) is 37.3 Å². The molecule has 1 amide bonds. The van der Waals surface area contributed by atoms with E-state index in [1.165, 1.54) is 52.8 Å². The number of amides is 1. The maximum absolute atomic E-state index is 13.1. The zero-order valence-corrected chi connectivity index (χ0v) is 19.1. The molecular formula is C23H22FN5O4S. The Kier molecular flexibility index (Phi) is 6.72. The number of aromatic nitrogens is 2. The van der Waals surface area contributed by atoms with Crippen LogP contribution < -0.4 is 5.32 Å². The van der Waals surface area contributed by atoms with Gasteiger partial charge in [0.2, 0.25) is 27.6 Å². The minimum atomic E-state index is -3.69. The monoisotopic (exact) mass is 483 g/mol. The summed E-state index contributed by atoms with van der Waals surface area (Å²) in [5.41, 5.74) is 0.972. The van der Waals surface area contributed by atoms with Crippen LogP contribution in [0, 0.1) is 23.1 Å². The van der Waals surface area contributed by atoms with E-state index in [9.17, 15) is 17.6 Å². The van der Waals surface area contributed by atoms with Crippen molar-refractivity contribution in [1.29, 1.82) is 5.26 Å². The van der Waals surface area contributed by atoms with Crippen LogP contribution in [0.15, 0.2) is 57.9 Å². The standard InChI is InChI=1S/C23H22FN5O4S/c1-15(23-27-21(28-33-23)17-4-6-19(24)7-5-17)26-22(30)18-10-12-29(13-11-18)34(31,32)20-8-2-16(14-25)3-9-20/h2-9,15,18H,10-13H2,1H3,(H,26,30). The van der Waals surface area contributed by atoms with Gasteiger partial charge >= 0.3 is 0 Å². The maximum Gasteiger partial charge on any atom is 0.249 e. The number of nitrogens with one attached hydrogen (secondary N) is 1. The first-order valence-corrected chi connectivity index (χ1v) is 12.1. The lowest BCUT2D eigenvalue weighted by molar-refractivity contribution is -0.126. The molecule has 0 bridgehead atoms. The molecule has 11 heteroatoms. The summed E-state index contributed by atoms with van der Waals surface area (Å²) in [7, 11) is -3.69. The highest BCUT2D eigenvalue weighted by Gasteiger charge is 2.33. The first kappa shape index (κ1) is 23.5. The van der Waals surface area contributed by atoms with Gasteiger partial charge in [0.1, 0.15) is 11.9 Å². The Balaban J connectivity index is 1.33. The quantitative estimate of drug-likeness (QED) is 0.570. The van der Waals surface area contributed by atoms with Crippen molar-refractivity contribution in [2.45, 2.75) is 30.7 Å². The van der Waals surface area contributed by atoms with Gasteiger partial charge in [0.05, 0.1) is 16.5 Å². The SMILES string of the molecule is CC(NC(=O)C1CCN(S(=O)(=O)c2ccc(C#N)cc2)CC1)c1nc(-c2ccc(F)cc2)no1. The van der Waals surface area contributed by atoms with E-state index in [-0.39, 0.29) is 47.3 Å². The van der Waals surface area contributed by atoms with Crippen LogP contribution in [0.5, 0.6) is 0 Å². The number of halogens is 1. The molecule has 0 radical (unpaired) electrons. The summed E-state index contributed by atoms with van der Waals surface area (Å²) in [5.74, 6) is -0.436. The molecule has 3 aromatic rings. The second-order valence-electron chi connectivity index (χ2n) is 8.01. The molecule has 1 atom stereocenters. The van der Waals surface area contributed by atoms with Gasteiger partial charge in [-0.25, -0.2) is 12.8 Å². The van der Waals surface area contributed by atoms with Crippen LogP contribution in [0.4, 0.5) is 4.39 Å². The van der Waals surface area contributed by atoms with E-state index >= 15 is 0 Å². The number of nitriles is 1. The Labute approximate surface area is 196 Å². The van der Waals surface area contributed by atoms with Crippen LogP contribution in [0.2, 0.25) is 0 Å². The molecule has 1 saturated heterocycles. The van der Waals surface area contributed by atoms with Crippen molar-refractivity contribution in [3.8, 4) is 17.5 Å². The lowest BCUT2D eigenvalue weighted by Gasteiger charge is -2.31. The minimum absolute atomic E-state index is 0.122. The molecule has 2 heterocycles. The highest BCUT2D eigenvalue weighted by molar-refractivity contribution is 7.89. The summed E-state index contributed by atoms with van der Waals surface area (Å²) >= 11 is 0. The number of carbonyl (C=O) groups excluding carboxylic acids is 1. The number of hydrogen-bond acceptors (Lipinski definition) is 7. The first-order chi connectivity index (χ1) is 16.3. The average molecular weight is 484 g/mol.